The zero-order valence-electron chi connectivity index (χ0n) is 22.3. The molecule has 4 N–H and O–H groups in total. The molecule has 1 aromatic carbocycles. The van der Waals surface area contributed by atoms with Crippen LogP contribution in [0.25, 0.3) is 0 Å². The van der Waals surface area contributed by atoms with Crippen LogP contribution in [0.2, 0.25) is 0 Å². The molecule has 0 aromatic heterocycles. The highest BCUT2D eigenvalue weighted by Gasteiger charge is 2.60. The number of halogens is 1. The van der Waals surface area contributed by atoms with Crippen molar-refractivity contribution in [1.29, 1.82) is 0 Å². The van der Waals surface area contributed by atoms with Gasteiger partial charge in [0.1, 0.15) is 57.3 Å². The van der Waals surface area contributed by atoms with Gasteiger partial charge in [-0.1, -0.05) is 13.0 Å². The molecule has 12 heteroatoms. The second-order valence-corrected chi connectivity index (χ2v) is 12.8. The summed E-state index contributed by atoms with van der Waals surface area (Å²) < 4.78 is 8.89. The largest absolute Gasteiger partial charge is 0.488 e. The van der Waals surface area contributed by atoms with E-state index in [1.54, 1.807) is 6.92 Å². The van der Waals surface area contributed by atoms with Crippen molar-refractivity contribution in [2.45, 2.75) is 32.4 Å². The van der Waals surface area contributed by atoms with Crippen molar-refractivity contribution in [3.63, 3.8) is 0 Å². The van der Waals surface area contributed by atoms with Gasteiger partial charge in [-0.2, -0.15) is 5.90 Å². The number of rotatable bonds is 10. The number of hydrogen-bond donors (Lipinski definition) is 3. The summed E-state index contributed by atoms with van der Waals surface area (Å²) in [6, 6.07) is 5.76. The van der Waals surface area contributed by atoms with E-state index in [0.29, 0.717) is 17.9 Å². The van der Waals surface area contributed by atoms with Gasteiger partial charge in [0.25, 0.3) is 0 Å². The number of nitrogens with zero attached hydrogens (tertiary/aromatic N) is 3. The zero-order valence-corrected chi connectivity index (χ0v) is 24.5. The maximum absolute atomic E-state index is 12.6. The molecule has 0 saturated carbocycles. The van der Waals surface area contributed by atoms with Crippen molar-refractivity contribution in [2.75, 3.05) is 59.0 Å². The van der Waals surface area contributed by atoms with E-state index in [0.717, 1.165) is 64.8 Å². The van der Waals surface area contributed by atoms with Gasteiger partial charge in [-0.25, -0.2) is 9.59 Å². The van der Waals surface area contributed by atoms with E-state index in [4.69, 9.17) is 10.6 Å². The third-order valence-corrected chi connectivity index (χ3v) is 10.4. The highest BCUT2D eigenvalue weighted by molar-refractivity contribution is 14.1. The van der Waals surface area contributed by atoms with Crippen molar-refractivity contribution >= 4 is 40.4 Å². The number of hydrogen-bond acceptors (Lipinski definition) is 7. The summed E-state index contributed by atoms with van der Waals surface area (Å²) in [5.74, 6) is 3.10. The number of fused-ring (bicyclic) bond motifs is 4. The van der Waals surface area contributed by atoms with Crippen LogP contribution in [0.15, 0.2) is 29.5 Å². The lowest BCUT2D eigenvalue weighted by atomic mass is 9.78. The molecule has 5 aliphatic heterocycles. The summed E-state index contributed by atoms with van der Waals surface area (Å²) in [7, 11) is 0. The van der Waals surface area contributed by atoms with Crippen LogP contribution in [0.5, 0.6) is 5.75 Å². The SMILES string of the molecule is CC(O)C1C(=O)N2C(C(=O)O)=C(COc3ccc(CC[N+]45CC[N+](CC(=O)ON)(CC4)CC5)cc3I)[C@H](C)C12. The Kier molecular flexibility index (Phi) is 7.70. The van der Waals surface area contributed by atoms with E-state index in [2.05, 4.69) is 39.6 Å². The third-order valence-electron chi connectivity index (χ3n) is 9.51. The Morgan fingerprint density at radius 2 is 1.82 bits per heavy atom. The Balaban J connectivity index is 1.20. The fourth-order valence-electron chi connectivity index (χ4n) is 7.00. The van der Waals surface area contributed by atoms with Gasteiger partial charge >= 0.3 is 11.9 Å². The Morgan fingerprint density at radius 3 is 2.38 bits per heavy atom. The van der Waals surface area contributed by atoms with E-state index in [1.165, 1.54) is 10.5 Å². The number of quaternary nitrogens is 2. The number of carboxylic acids is 1. The normalized spacial score (nSPS) is 32.1. The fourth-order valence-corrected chi connectivity index (χ4v) is 7.74. The number of aliphatic hydroxyl groups excluding tert-OH is 1. The molecule has 0 spiro atoms. The third kappa shape index (κ3) is 5.05. The first-order valence-corrected chi connectivity index (χ1v) is 14.6. The Labute approximate surface area is 241 Å². The summed E-state index contributed by atoms with van der Waals surface area (Å²) in [5.41, 5.74) is 1.78. The first kappa shape index (κ1) is 28.3. The molecule has 5 aliphatic rings. The quantitative estimate of drug-likeness (QED) is 0.143. The Morgan fingerprint density at radius 1 is 1.18 bits per heavy atom. The highest BCUT2D eigenvalue weighted by Crippen LogP contribution is 2.47. The maximum Gasteiger partial charge on any atom is 0.380 e. The molecule has 11 nitrogen and oxygen atoms in total. The minimum absolute atomic E-state index is 0.0134. The number of nitrogens with two attached hydrogens (primary N) is 1. The average molecular weight is 657 g/mol. The number of aliphatic carboxylic acids is 1. The summed E-state index contributed by atoms with van der Waals surface area (Å²) in [6.45, 7) is 11.0. The maximum atomic E-state index is 12.6. The van der Waals surface area contributed by atoms with Crippen LogP contribution in [0.1, 0.15) is 19.4 Å². The van der Waals surface area contributed by atoms with Crippen molar-refractivity contribution in [2.24, 2.45) is 17.7 Å². The number of carboxylic acid groups (broad SMARTS) is 1. The molecular weight excluding hydrogens is 619 g/mol. The highest BCUT2D eigenvalue weighted by atomic mass is 127. The molecule has 4 saturated heterocycles. The molecule has 39 heavy (non-hydrogen) atoms. The average Bonchev–Trinajstić information content (AvgIpc) is 3.15. The van der Waals surface area contributed by atoms with Gasteiger partial charge in [0.05, 0.1) is 28.2 Å². The first-order valence-electron chi connectivity index (χ1n) is 13.5. The lowest BCUT2D eigenvalue weighted by Gasteiger charge is -2.55. The number of aliphatic hydroxyl groups is 1. The Bertz CT molecular complexity index is 1190. The molecule has 1 aromatic rings. The predicted octanol–water partition coefficient (Wildman–Crippen LogP) is 0.486. The summed E-state index contributed by atoms with van der Waals surface area (Å²) in [5, 5.41) is 19.9. The summed E-state index contributed by atoms with van der Waals surface area (Å²) in [6.07, 6.45) is 0.105. The lowest BCUT2D eigenvalue weighted by Crippen LogP contribution is -2.76. The van der Waals surface area contributed by atoms with Crippen LogP contribution in [0, 0.1) is 15.4 Å². The van der Waals surface area contributed by atoms with Crippen molar-refractivity contribution in [3.8, 4) is 5.75 Å². The zero-order chi connectivity index (χ0) is 28.1. The van der Waals surface area contributed by atoms with Gasteiger partial charge in [-0.05, 0) is 47.2 Å². The molecule has 5 heterocycles. The van der Waals surface area contributed by atoms with E-state index in [1.807, 2.05) is 13.0 Å². The second kappa shape index (κ2) is 10.6. The molecule has 4 fully saturated rings. The molecule has 0 aliphatic carbocycles. The number of β-lactam (4-membered cyclic amide) rings is 1. The van der Waals surface area contributed by atoms with Gasteiger partial charge in [0.15, 0.2) is 6.54 Å². The van der Waals surface area contributed by atoms with Crippen LogP contribution >= 0.6 is 22.6 Å². The number of amides is 1. The molecule has 2 bridgehead atoms. The van der Waals surface area contributed by atoms with Crippen molar-refractivity contribution in [1.82, 2.24) is 4.90 Å². The number of benzene rings is 1. The molecule has 3 unspecified atom stereocenters. The lowest BCUT2D eigenvalue weighted by molar-refractivity contribution is -1.08. The van der Waals surface area contributed by atoms with E-state index in [-0.39, 0.29) is 36.1 Å². The van der Waals surface area contributed by atoms with Crippen LogP contribution in [-0.4, -0.2) is 113 Å². The molecule has 1 amide bonds. The number of carbonyl (C=O) groups is 3. The number of piperazine rings is 3. The van der Waals surface area contributed by atoms with Crippen LogP contribution in [0.3, 0.4) is 0 Å². The Hall–Kier alpha value is -2.26. The minimum atomic E-state index is -1.15. The molecular formula is C27H37IN4O7+2. The fraction of sp³-hybridized carbons (Fsp3) is 0.593. The van der Waals surface area contributed by atoms with Gasteiger partial charge in [0, 0.05) is 17.9 Å². The number of ether oxygens (including phenoxy) is 1. The summed E-state index contributed by atoms with van der Waals surface area (Å²) >= 11 is 2.25. The van der Waals surface area contributed by atoms with E-state index in [9.17, 15) is 24.6 Å². The molecule has 0 radical (unpaired) electrons. The number of carbonyl (C=O) groups excluding carboxylic acids is 2. The van der Waals surface area contributed by atoms with Crippen LogP contribution in [-0.2, 0) is 25.6 Å². The van der Waals surface area contributed by atoms with Gasteiger partial charge < -0.3 is 33.7 Å². The molecule has 212 valence electrons. The van der Waals surface area contributed by atoms with Crippen LogP contribution < -0.4 is 10.6 Å². The van der Waals surface area contributed by atoms with E-state index < -0.39 is 18.0 Å². The molecule has 4 atom stereocenters. The topological polar surface area (TPSA) is 139 Å². The standard InChI is InChI=1S/C27H36IN4O7/c1-16-19(25(27(36)37)30-24(16)23(17(2)33)26(30)35)15-38-21-4-3-18(13-20(21)28)5-6-31-7-10-32(11-8-31,12-9-31)14-22(34)39-29/h3-4,13,16-17,23-24,33H,5-12,14-15,29H2,1-2H3/q+1/p+1/t16-,17?,23?,24?,31?,32?/m0/s1. The smallest absolute Gasteiger partial charge is 0.380 e. The minimum Gasteiger partial charge on any atom is -0.488 e. The molecule has 6 rings (SSSR count). The monoisotopic (exact) mass is 656 g/mol. The van der Waals surface area contributed by atoms with Crippen LogP contribution in [0.4, 0.5) is 0 Å². The summed E-state index contributed by atoms with van der Waals surface area (Å²) in [4.78, 5) is 42.1. The van der Waals surface area contributed by atoms with Gasteiger partial charge in [0.2, 0.25) is 5.91 Å². The van der Waals surface area contributed by atoms with E-state index >= 15 is 0 Å². The first-order chi connectivity index (χ1) is 18.5. The van der Waals surface area contributed by atoms with Gasteiger partial charge in [-0.3, -0.25) is 4.79 Å². The van der Waals surface area contributed by atoms with Gasteiger partial charge in [-0.15, -0.1) is 0 Å². The second-order valence-electron chi connectivity index (χ2n) is 11.6. The van der Waals surface area contributed by atoms with Crippen molar-refractivity contribution < 1.29 is 43.1 Å². The predicted molar refractivity (Wildman–Crippen MR) is 148 cm³/mol. The van der Waals surface area contributed by atoms with Crippen molar-refractivity contribution in [3.05, 3.63) is 38.6 Å².